The van der Waals surface area contributed by atoms with E-state index >= 15 is 0 Å². The van der Waals surface area contributed by atoms with E-state index in [9.17, 15) is 0 Å². The van der Waals surface area contributed by atoms with E-state index in [-0.39, 0.29) is 0 Å². The van der Waals surface area contributed by atoms with Crippen molar-refractivity contribution in [3.8, 4) is 0 Å². The molecule has 0 spiro atoms. The van der Waals surface area contributed by atoms with E-state index in [1.54, 1.807) is 0 Å². The predicted octanol–water partition coefficient (Wildman–Crippen LogP) is 5.46. The molecule has 3 nitrogen and oxygen atoms in total. The molecule has 1 aliphatic carbocycles. The smallest absolute Gasteiger partial charge is 0.143 e. The second kappa shape index (κ2) is 8.30. The van der Waals surface area contributed by atoms with Crippen molar-refractivity contribution in [2.75, 3.05) is 11.9 Å². The predicted molar refractivity (Wildman–Crippen MR) is 98.1 cm³/mol. The maximum atomic E-state index is 4.95. The molecular weight excluding hydrogens is 373 g/mol. The summed E-state index contributed by atoms with van der Waals surface area (Å²) in [6.07, 6.45) is 9.04. The monoisotopic (exact) mass is 401 g/mol. The fourth-order valence-electron chi connectivity index (χ4n) is 2.95. The standard InChI is InChI=1S/C17H28IN3/c1-4-11-19-17-14(18)15(12(2)3)20-16(21-17)13-9-7-5-6-8-10-13/h12-13H,4-11H2,1-3H3,(H,19,20,21). The summed E-state index contributed by atoms with van der Waals surface area (Å²) in [4.78, 5) is 9.84. The Balaban J connectivity index is 2.32. The third-order valence-electron chi connectivity index (χ3n) is 4.20. The molecule has 0 unspecified atom stereocenters. The average molecular weight is 401 g/mol. The molecule has 0 atom stereocenters. The summed E-state index contributed by atoms with van der Waals surface area (Å²) in [6.45, 7) is 7.63. The first-order valence-electron chi connectivity index (χ1n) is 8.44. The Bertz CT molecular complexity index is 452. The van der Waals surface area contributed by atoms with Crippen LogP contribution in [0.2, 0.25) is 0 Å². The first-order valence-corrected chi connectivity index (χ1v) is 9.52. The van der Waals surface area contributed by atoms with Gasteiger partial charge < -0.3 is 5.32 Å². The molecule has 0 aromatic carbocycles. The fourth-order valence-corrected chi connectivity index (χ4v) is 4.00. The minimum Gasteiger partial charge on any atom is -0.369 e. The zero-order valence-electron chi connectivity index (χ0n) is 13.6. The Morgan fingerprint density at radius 2 is 1.81 bits per heavy atom. The van der Waals surface area contributed by atoms with Crippen LogP contribution in [0.5, 0.6) is 0 Å². The van der Waals surface area contributed by atoms with Crippen LogP contribution >= 0.6 is 22.6 Å². The number of nitrogens with one attached hydrogen (secondary N) is 1. The molecule has 1 heterocycles. The summed E-state index contributed by atoms with van der Waals surface area (Å²) in [5, 5.41) is 3.49. The van der Waals surface area contributed by atoms with Crippen molar-refractivity contribution in [1.82, 2.24) is 9.97 Å². The molecule has 1 aromatic heterocycles. The zero-order valence-corrected chi connectivity index (χ0v) is 15.7. The summed E-state index contributed by atoms with van der Waals surface area (Å²) >= 11 is 2.40. The fraction of sp³-hybridized carbons (Fsp3) is 0.765. The highest BCUT2D eigenvalue weighted by molar-refractivity contribution is 14.1. The molecule has 1 aliphatic rings. The van der Waals surface area contributed by atoms with Crippen LogP contribution in [0.25, 0.3) is 0 Å². The van der Waals surface area contributed by atoms with Gasteiger partial charge in [-0.3, -0.25) is 0 Å². The van der Waals surface area contributed by atoms with Crippen LogP contribution in [0.15, 0.2) is 0 Å². The molecule has 1 fully saturated rings. The molecule has 118 valence electrons. The molecule has 0 bridgehead atoms. The molecule has 21 heavy (non-hydrogen) atoms. The van der Waals surface area contributed by atoms with Gasteiger partial charge in [0, 0.05) is 12.5 Å². The van der Waals surface area contributed by atoms with Crippen molar-refractivity contribution in [3.63, 3.8) is 0 Å². The van der Waals surface area contributed by atoms with Gasteiger partial charge in [-0.2, -0.15) is 0 Å². The maximum absolute atomic E-state index is 4.95. The van der Waals surface area contributed by atoms with Crippen LogP contribution < -0.4 is 5.32 Å². The van der Waals surface area contributed by atoms with Crippen molar-refractivity contribution in [2.45, 2.75) is 77.6 Å². The summed E-state index contributed by atoms with van der Waals surface area (Å²) in [6, 6.07) is 0. The van der Waals surface area contributed by atoms with Crippen molar-refractivity contribution < 1.29 is 0 Å². The topological polar surface area (TPSA) is 37.8 Å². The van der Waals surface area contributed by atoms with E-state index in [1.165, 1.54) is 47.8 Å². The largest absolute Gasteiger partial charge is 0.369 e. The van der Waals surface area contributed by atoms with E-state index in [4.69, 9.17) is 9.97 Å². The highest BCUT2D eigenvalue weighted by Gasteiger charge is 2.21. The molecular formula is C17H28IN3. The van der Waals surface area contributed by atoms with Gasteiger partial charge in [0.15, 0.2) is 0 Å². The number of nitrogens with zero attached hydrogens (tertiary/aromatic N) is 2. The van der Waals surface area contributed by atoms with Crippen molar-refractivity contribution in [1.29, 1.82) is 0 Å². The summed E-state index contributed by atoms with van der Waals surface area (Å²) in [5.74, 6) is 3.14. The molecule has 0 aliphatic heterocycles. The van der Waals surface area contributed by atoms with Gasteiger partial charge in [0.1, 0.15) is 11.6 Å². The Kier molecular flexibility index (Phi) is 6.71. The maximum Gasteiger partial charge on any atom is 0.143 e. The molecule has 1 N–H and O–H groups in total. The van der Waals surface area contributed by atoms with Crippen LogP contribution in [0, 0.1) is 3.57 Å². The number of anilines is 1. The van der Waals surface area contributed by atoms with Gasteiger partial charge in [-0.25, -0.2) is 9.97 Å². The van der Waals surface area contributed by atoms with Gasteiger partial charge in [0.25, 0.3) is 0 Å². The SMILES string of the molecule is CCCNc1nc(C2CCCCCC2)nc(C(C)C)c1I. The molecule has 2 rings (SSSR count). The third-order valence-corrected chi connectivity index (χ3v) is 5.27. The molecule has 1 saturated carbocycles. The summed E-state index contributed by atoms with van der Waals surface area (Å²) < 4.78 is 1.20. The van der Waals surface area contributed by atoms with Crippen LogP contribution in [0.3, 0.4) is 0 Å². The minimum absolute atomic E-state index is 0.451. The van der Waals surface area contributed by atoms with E-state index < -0.39 is 0 Å². The summed E-state index contributed by atoms with van der Waals surface area (Å²) in [7, 11) is 0. The lowest BCUT2D eigenvalue weighted by molar-refractivity contribution is 0.555. The quantitative estimate of drug-likeness (QED) is 0.526. The van der Waals surface area contributed by atoms with E-state index in [0.29, 0.717) is 11.8 Å². The Hall–Kier alpha value is -0.390. The van der Waals surface area contributed by atoms with E-state index in [1.807, 2.05) is 0 Å². The second-order valence-corrected chi connectivity index (χ2v) is 7.48. The van der Waals surface area contributed by atoms with Gasteiger partial charge in [-0.1, -0.05) is 46.5 Å². The third kappa shape index (κ3) is 4.54. The Labute approximate surface area is 142 Å². The number of rotatable bonds is 5. The summed E-state index contributed by atoms with van der Waals surface area (Å²) in [5.41, 5.74) is 1.21. The number of halogens is 1. The molecule has 0 amide bonds. The minimum atomic E-state index is 0.451. The highest BCUT2D eigenvalue weighted by atomic mass is 127. The second-order valence-electron chi connectivity index (χ2n) is 6.40. The van der Waals surface area contributed by atoms with Crippen LogP contribution in [-0.2, 0) is 0 Å². The average Bonchev–Trinajstić information content (AvgIpc) is 2.75. The Morgan fingerprint density at radius 3 is 2.38 bits per heavy atom. The molecule has 0 radical (unpaired) electrons. The van der Waals surface area contributed by atoms with Crippen molar-refractivity contribution in [3.05, 3.63) is 15.1 Å². The van der Waals surface area contributed by atoms with Gasteiger partial charge >= 0.3 is 0 Å². The Morgan fingerprint density at radius 1 is 1.14 bits per heavy atom. The first kappa shape index (κ1) is 17.0. The first-order chi connectivity index (χ1) is 10.1. The van der Waals surface area contributed by atoms with Gasteiger partial charge in [-0.15, -0.1) is 0 Å². The van der Waals surface area contributed by atoms with Crippen LogP contribution in [0.4, 0.5) is 5.82 Å². The van der Waals surface area contributed by atoms with Crippen LogP contribution in [-0.4, -0.2) is 16.5 Å². The van der Waals surface area contributed by atoms with E-state index in [0.717, 1.165) is 24.6 Å². The van der Waals surface area contributed by atoms with Gasteiger partial charge in [0.2, 0.25) is 0 Å². The van der Waals surface area contributed by atoms with Gasteiger partial charge in [-0.05, 0) is 47.8 Å². The highest BCUT2D eigenvalue weighted by Crippen LogP contribution is 2.33. The van der Waals surface area contributed by atoms with Crippen LogP contribution in [0.1, 0.15) is 89.1 Å². The number of aromatic nitrogens is 2. The van der Waals surface area contributed by atoms with E-state index in [2.05, 4.69) is 48.7 Å². The molecule has 1 aromatic rings. The lowest BCUT2D eigenvalue weighted by atomic mass is 9.99. The van der Waals surface area contributed by atoms with Crippen molar-refractivity contribution >= 4 is 28.4 Å². The molecule has 0 saturated heterocycles. The van der Waals surface area contributed by atoms with Crippen molar-refractivity contribution in [2.24, 2.45) is 0 Å². The normalized spacial score (nSPS) is 17.0. The number of hydrogen-bond acceptors (Lipinski definition) is 3. The number of hydrogen-bond donors (Lipinski definition) is 1. The lowest BCUT2D eigenvalue weighted by Crippen LogP contribution is -2.14. The van der Waals surface area contributed by atoms with Gasteiger partial charge in [0.05, 0.1) is 9.26 Å². The lowest BCUT2D eigenvalue weighted by Gasteiger charge is -2.19. The molecule has 4 heteroatoms. The zero-order chi connectivity index (χ0) is 15.2.